The predicted molar refractivity (Wildman–Crippen MR) is 108 cm³/mol. The third kappa shape index (κ3) is 5.47. The van der Waals surface area contributed by atoms with Crippen LogP contribution in [0, 0.1) is 0 Å². The van der Waals surface area contributed by atoms with Crippen molar-refractivity contribution < 1.29 is 9.59 Å². The molecule has 0 radical (unpaired) electrons. The van der Waals surface area contributed by atoms with Gasteiger partial charge in [0.15, 0.2) is 0 Å². The number of hydrogen-bond acceptors (Lipinski definition) is 2. The molecule has 142 valence electrons. The Labute approximate surface area is 169 Å². The second kappa shape index (κ2) is 9.25. The van der Waals surface area contributed by atoms with E-state index >= 15 is 0 Å². The van der Waals surface area contributed by atoms with Crippen LogP contribution in [0.4, 0.5) is 0 Å². The average molecular weight is 405 g/mol. The van der Waals surface area contributed by atoms with Crippen molar-refractivity contribution in [3.8, 4) is 0 Å². The summed E-state index contributed by atoms with van der Waals surface area (Å²) < 4.78 is 0. The number of hydrogen-bond donors (Lipinski definition) is 2. The van der Waals surface area contributed by atoms with E-state index < -0.39 is 0 Å². The number of halogens is 2. The summed E-state index contributed by atoms with van der Waals surface area (Å²) >= 11 is 11.8. The standard InChI is InChI=1S/C21H22Cl2N2O2/c22-16-8-11-18(19(23)12-16)21(27)24-13-20(26)25-17-9-6-15(7-10-17)14-4-2-1-3-5-14/h1-5,8,11-12,15,17H,6-7,9-10,13H2,(H,24,27)(H,25,26). The van der Waals surface area contributed by atoms with Gasteiger partial charge in [-0.05, 0) is 55.4 Å². The molecule has 0 atom stereocenters. The minimum atomic E-state index is -0.389. The Kier molecular flexibility index (Phi) is 6.75. The van der Waals surface area contributed by atoms with Gasteiger partial charge in [-0.25, -0.2) is 0 Å². The molecule has 1 fully saturated rings. The summed E-state index contributed by atoms with van der Waals surface area (Å²) in [4.78, 5) is 24.3. The predicted octanol–water partition coefficient (Wildman–Crippen LogP) is 4.57. The molecule has 0 heterocycles. The van der Waals surface area contributed by atoms with Gasteiger partial charge in [0, 0.05) is 11.1 Å². The summed E-state index contributed by atoms with van der Waals surface area (Å²) in [6, 6.07) is 15.3. The van der Waals surface area contributed by atoms with Crippen molar-refractivity contribution in [1.82, 2.24) is 10.6 Å². The number of rotatable bonds is 5. The van der Waals surface area contributed by atoms with Gasteiger partial charge < -0.3 is 10.6 Å². The van der Waals surface area contributed by atoms with Crippen LogP contribution in [0.25, 0.3) is 0 Å². The van der Waals surface area contributed by atoms with Crippen molar-refractivity contribution in [1.29, 1.82) is 0 Å². The van der Waals surface area contributed by atoms with Gasteiger partial charge in [-0.1, -0.05) is 53.5 Å². The summed E-state index contributed by atoms with van der Waals surface area (Å²) in [5.74, 6) is -0.0118. The Morgan fingerprint density at radius 2 is 1.67 bits per heavy atom. The van der Waals surface area contributed by atoms with Crippen molar-refractivity contribution in [2.24, 2.45) is 0 Å². The fourth-order valence-corrected chi connectivity index (χ4v) is 4.00. The number of amides is 2. The molecule has 4 nitrogen and oxygen atoms in total. The van der Waals surface area contributed by atoms with E-state index in [4.69, 9.17) is 23.2 Å². The van der Waals surface area contributed by atoms with Crippen LogP contribution in [0.3, 0.4) is 0 Å². The van der Waals surface area contributed by atoms with Crippen molar-refractivity contribution in [2.75, 3.05) is 6.54 Å². The van der Waals surface area contributed by atoms with E-state index in [1.807, 2.05) is 6.07 Å². The first-order valence-electron chi connectivity index (χ1n) is 9.10. The molecule has 2 N–H and O–H groups in total. The maximum Gasteiger partial charge on any atom is 0.253 e. The normalized spacial score (nSPS) is 19.3. The van der Waals surface area contributed by atoms with Crippen molar-refractivity contribution >= 4 is 35.0 Å². The summed E-state index contributed by atoms with van der Waals surface area (Å²) in [7, 11) is 0. The topological polar surface area (TPSA) is 58.2 Å². The molecule has 0 bridgehead atoms. The third-order valence-electron chi connectivity index (χ3n) is 4.95. The molecule has 0 spiro atoms. The Morgan fingerprint density at radius 1 is 0.963 bits per heavy atom. The molecule has 2 aromatic rings. The largest absolute Gasteiger partial charge is 0.352 e. The first kappa shape index (κ1) is 19.7. The maximum absolute atomic E-state index is 12.2. The lowest BCUT2D eigenvalue weighted by atomic mass is 9.82. The minimum Gasteiger partial charge on any atom is -0.352 e. The molecule has 0 unspecified atom stereocenters. The van der Waals surface area contributed by atoms with Crippen LogP contribution in [-0.4, -0.2) is 24.4 Å². The highest BCUT2D eigenvalue weighted by atomic mass is 35.5. The molecule has 2 amide bonds. The van der Waals surface area contributed by atoms with Gasteiger partial charge in [-0.15, -0.1) is 0 Å². The zero-order chi connectivity index (χ0) is 19.2. The zero-order valence-corrected chi connectivity index (χ0v) is 16.4. The molecular weight excluding hydrogens is 383 g/mol. The number of nitrogens with one attached hydrogen (secondary N) is 2. The molecule has 1 aliphatic carbocycles. The van der Waals surface area contributed by atoms with E-state index in [2.05, 4.69) is 34.9 Å². The van der Waals surface area contributed by atoms with Crippen LogP contribution in [0.15, 0.2) is 48.5 Å². The summed E-state index contributed by atoms with van der Waals surface area (Å²) in [5.41, 5.74) is 1.67. The molecular formula is C21H22Cl2N2O2. The minimum absolute atomic E-state index is 0.0730. The lowest BCUT2D eigenvalue weighted by Crippen LogP contribution is -2.43. The lowest BCUT2D eigenvalue weighted by molar-refractivity contribution is -0.121. The van der Waals surface area contributed by atoms with Gasteiger partial charge in [0.2, 0.25) is 5.91 Å². The fraction of sp³-hybridized carbons (Fsp3) is 0.333. The Hall–Kier alpha value is -2.04. The molecule has 6 heteroatoms. The number of carbonyl (C=O) groups is 2. The van der Waals surface area contributed by atoms with Crippen LogP contribution in [0.1, 0.15) is 47.5 Å². The van der Waals surface area contributed by atoms with E-state index in [1.165, 1.54) is 11.6 Å². The zero-order valence-electron chi connectivity index (χ0n) is 14.9. The Balaban J connectivity index is 1.43. The van der Waals surface area contributed by atoms with E-state index in [9.17, 15) is 9.59 Å². The average Bonchev–Trinajstić information content (AvgIpc) is 2.67. The summed E-state index contributed by atoms with van der Waals surface area (Å²) in [6.45, 7) is -0.0730. The van der Waals surface area contributed by atoms with Crippen LogP contribution < -0.4 is 10.6 Å². The fourth-order valence-electron chi connectivity index (χ4n) is 3.50. The Bertz CT molecular complexity index is 803. The second-order valence-corrected chi connectivity index (χ2v) is 7.68. The molecule has 2 aromatic carbocycles. The van der Waals surface area contributed by atoms with Crippen LogP contribution in [0.5, 0.6) is 0 Å². The number of benzene rings is 2. The highest BCUT2D eigenvalue weighted by molar-refractivity contribution is 6.36. The van der Waals surface area contributed by atoms with Crippen molar-refractivity contribution in [3.05, 3.63) is 69.7 Å². The van der Waals surface area contributed by atoms with E-state index in [1.54, 1.807) is 12.1 Å². The molecule has 0 saturated heterocycles. The van der Waals surface area contributed by atoms with E-state index in [0.717, 1.165) is 25.7 Å². The third-order valence-corrected chi connectivity index (χ3v) is 5.50. The van der Waals surface area contributed by atoms with Gasteiger partial charge in [-0.2, -0.15) is 0 Å². The van der Waals surface area contributed by atoms with Crippen molar-refractivity contribution in [2.45, 2.75) is 37.6 Å². The van der Waals surface area contributed by atoms with E-state index in [-0.39, 0.29) is 29.4 Å². The van der Waals surface area contributed by atoms with E-state index in [0.29, 0.717) is 16.5 Å². The molecule has 0 aromatic heterocycles. The van der Waals surface area contributed by atoms with Gasteiger partial charge in [-0.3, -0.25) is 9.59 Å². The highest BCUT2D eigenvalue weighted by Gasteiger charge is 2.23. The second-order valence-electron chi connectivity index (χ2n) is 6.83. The first-order chi connectivity index (χ1) is 13.0. The maximum atomic E-state index is 12.2. The van der Waals surface area contributed by atoms with Gasteiger partial charge >= 0.3 is 0 Å². The summed E-state index contributed by atoms with van der Waals surface area (Å²) in [5, 5.41) is 6.34. The quantitative estimate of drug-likeness (QED) is 0.766. The van der Waals surface area contributed by atoms with Crippen LogP contribution in [-0.2, 0) is 4.79 Å². The Morgan fingerprint density at radius 3 is 2.33 bits per heavy atom. The SMILES string of the molecule is O=C(CNC(=O)c1ccc(Cl)cc1Cl)NC1CCC(c2ccccc2)CC1. The molecule has 0 aliphatic heterocycles. The molecule has 1 aliphatic rings. The monoisotopic (exact) mass is 404 g/mol. The first-order valence-corrected chi connectivity index (χ1v) is 9.86. The van der Waals surface area contributed by atoms with Crippen molar-refractivity contribution in [3.63, 3.8) is 0 Å². The summed E-state index contributed by atoms with van der Waals surface area (Å²) in [6.07, 6.45) is 4.01. The lowest BCUT2D eigenvalue weighted by Gasteiger charge is -2.29. The molecule has 3 rings (SSSR count). The van der Waals surface area contributed by atoms with Gasteiger partial charge in [0.05, 0.1) is 17.1 Å². The van der Waals surface area contributed by atoms with Crippen LogP contribution in [0.2, 0.25) is 10.0 Å². The molecule has 1 saturated carbocycles. The van der Waals surface area contributed by atoms with Gasteiger partial charge in [0.1, 0.15) is 0 Å². The highest BCUT2D eigenvalue weighted by Crippen LogP contribution is 2.32. The molecule has 27 heavy (non-hydrogen) atoms. The van der Waals surface area contributed by atoms with Crippen LogP contribution >= 0.6 is 23.2 Å². The number of carbonyl (C=O) groups excluding carboxylic acids is 2. The smallest absolute Gasteiger partial charge is 0.253 e. The van der Waals surface area contributed by atoms with Gasteiger partial charge in [0.25, 0.3) is 5.91 Å².